The molecule has 1 aliphatic heterocycles. The topological polar surface area (TPSA) is 43.0 Å². The molecule has 0 fully saturated rings. The average molecular weight is 865 g/mol. The quantitative estimate of drug-likeness (QED) is 0.0954. The number of benzene rings is 3. The molecule has 0 aliphatic carbocycles. The van der Waals surface area contributed by atoms with E-state index in [2.05, 4.69) is 91.3 Å². The smallest absolute Gasteiger partial charge is 0.187 e. The third kappa shape index (κ3) is 11.9. The summed E-state index contributed by atoms with van der Waals surface area (Å²) in [5.41, 5.74) is 9.26. The predicted molar refractivity (Wildman–Crippen MR) is 207 cm³/mol. The van der Waals surface area contributed by atoms with Crippen molar-refractivity contribution in [2.24, 2.45) is 0 Å². The van der Waals surface area contributed by atoms with Crippen molar-refractivity contribution < 1.29 is 19.8 Å². The zero-order chi connectivity index (χ0) is 34.1. The van der Waals surface area contributed by atoms with E-state index in [0.29, 0.717) is 5.69 Å². The molecule has 1 aliphatic rings. The van der Waals surface area contributed by atoms with Crippen molar-refractivity contribution in [3.05, 3.63) is 181 Å². The maximum atomic E-state index is 6.69. The molecule has 6 aromatic rings. The van der Waals surface area contributed by atoms with Crippen LogP contribution in [-0.2, 0) is 19.8 Å². The summed E-state index contributed by atoms with van der Waals surface area (Å²) >= 11 is 0. The Balaban J connectivity index is 0.000000212. The summed E-state index contributed by atoms with van der Waals surface area (Å²) in [5, 5.41) is 0. The van der Waals surface area contributed by atoms with E-state index < -0.39 is 23.8 Å². The van der Waals surface area contributed by atoms with Gasteiger partial charge in [0, 0.05) is 19.8 Å². The fourth-order valence-corrected chi connectivity index (χ4v) is 8.60. The maximum Gasteiger partial charge on any atom is 0.187 e. The molecule has 6 bridgehead atoms. The molecule has 49 heavy (non-hydrogen) atoms. The van der Waals surface area contributed by atoms with Gasteiger partial charge >= 0.3 is 0 Å². The van der Waals surface area contributed by atoms with Crippen LogP contribution in [0.2, 0.25) is 0 Å². The first-order valence-electron chi connectivity index (χ1n) is 14.9. The van der Waals surface area contributed by atoms with Crippen molar-refractivity contribution >= 4 is 62.1 Å². The number of pyridine rings is 3. The van der Waals surface area contributed by atoms with Gasteiger partial charge in [-0.2, -0.15) is 0 Å². The molecule has 0 saturated carbocycles. The van der Waals surface area contributed by atoms with E-state index in [1.165, 1.54) is 0 Å². The molecule has 4 heterocycles. The Labute approximate surface area is 308 Å². The van der Waals surface area contributed by atoms with E-state index in [4.69, 9.17) is 34.4 Å². The van der Waals surface area contributed by atoms with E-state index in [0.717, 1.165) is 43.7 Å². The number of rotatable bonds is 0. The van der Waals surface area contributed by atoms with Gasteiger partial charge in [0.15, 0.2) is 5.69 Å². The van der Waals surface area contributed by atoms with Crippen LogP contribution in [0.4, 0.5) is 5.69 Å². The largest absolute Gasteiger partial charge is 0.366 e. The Morgan fingerprint density at radius 1 is 0.429 bits per heavy atom. The molecule has 242 valence electrons. The van der Waals surface area contributed by atoms with Crippen LogP contribution in [0.15, 0.2) is 146 Å². The molecule has 0 spiro atoms. The summed E-state index contributed by atoms with van der Waals surface area (Å²) in [6, 6.07) is 47.1. The number of para-hydroxylation sites is 1. The second kappa shape index (κ2) is 20.9. The molecule has 0 unspecified atom stereocenters. The zero-order valence-corrected chi connectivity index (χ0v) is 32.6. The molecule has 0 radical (unpaired) electrons. The first-order valence-corrected chi connectivity index (χ1v) is 20.3. The molecular weight excluding hydrogens is 832 g/mol. The summed E-state index contributed by atoms with van der Waals surface area (Å²) in [7, 11) is -1.58. The van der Waals surface area contributed by atoms with Crippen LogP contribution in [0.1, 0.15) is 11.1 Å². The van der Waals surface area contributed by atoms with Crippen molar-refractivity contribution in [1.29, 1.82) is 0 Å². The predicted octanol–water partition coefficient (Wildman–Crippen LogP) is 6.86. The van der Waals surface area contributed by atoms with Crippen molar-refractivity contribution in [2.45, 2.75) is 0 Å². The van der Waals surface area contributed by atoms with Gasteiger partial charge in [0.05, 0.1) is 39.2 Å². The van der Waals surface area contributed by atoms with Crippen LogP contribution >= 0.6 is 23.8 Å². The summed E-state index contributed by atoms with van der Waals surface area (Å²) in [4.78, 5) is 18.1. The van der Waals surface area contributed by atoms with E-state index in [1.54, 1.807) is 12.1 Å². The zero-order valence-electron chi connectivity index (χ0n) is 27.3. The first-order chi connectivity index (χ1) is 23.4. The maximum absolute atomic E-state index is 6.69. The van der Waals surface area contributed by atoms with E-state index in [9.17, 15) is 0 Å². The van der Waals surface area contributed by atoms with Crippen molar-refractivity contribution in [1.82, 2.24) is 15.0 Å². The Kier molecular flexibility index (Phi) is 16.7. The number of fused-ring (bicyclic) bond motifs is 6. The van der Waals surface area contributed by atoms with Gasteiger partial charge in [0.2, 0.25) is 0 Å². The Bertz CT molecular complexity index is 1730. The van der Waals surface area contributed by atoms with Crippen LogP contribution in [0, 0.1) is 31.3 Å². The van der Waals surface area contributed by atoms with Gasteiger partial charge < -0.3 is 12.8 Å². The second-order valence-electron chi connectivity index (χ2n) is 10.2. The summed E-state index contributed by atoms with van der Waals surface area (Å²) in [6.07, 6.45) is 13.4. The van der Waals surface area contributed by atoms with E-state index in [1.807, 2.05) is 78.9 Å². The van der Waals surface area contributed by atoms with Crippen molar-refractivity contribution in [3.63, 3.8) is 0 Å². The van der Waals surface area contributed by atoms with Crippen molar-refractivity contribution in [3.8, 4) is 11.8 Å². The van der Waals surface area contributed by atoms with Gasteiger partial charge in [-0.15, -0.1) is 35.4 Å². The number of nitrogens with zero attached hydrogens (tertiary/aromatic N) is 4. The van der Waals surface area contributed by atoms with Gasteiger partial charge in [0.25, 0.3) is 0 Å². The summed E-state index contributed by atoms with van der Waals surface area (Å²) in [6.45, 7) is 13.3. The Morgan fingerprint density at radius 2 is 0.694 bits per heavy atom. The molecule has 8 heteroatoms. The summed E-state index contributed by atoms with van der Waals surface area (Å²) < 4.78 is 0. The van der Waals surface area contributed by atoms with Crippen LogP contribution < -0.4 is 32.6 Å². The van der Waals surface area contributed by atoms with Crippen LogP contribution in [0.3, 0.4) is 0 Å². The fourth-order valence-electron chi connectivity index (χ4n) is 4.25. The van der Waals surface area contributed by atoms with Crippen LogP contribution in [0.25, 0.3) is 4.85 Å². The monoisotopic (exact) mass is 866 g/mol. The molecule has 4 nitrogen and oxygen atoms in total. The second-order valence-corrected chi connectivity index (χ2v) is 16.3. The SMILES string of the molecule is CP1c2cccc(n2)P(C)c2cccc(n2)P(C)c2cccc1n2.[C-]#Cc1ccccc1.[C-]#Cc1ccccc1.[C-]#[N+]c1ccccc1.[Os]. The minimum Gasteiger partial charge on any atom is -0.366 e. The van der Waals surface area contributed by atoms with Gasteiger partial charge in [0.1, 0.15) is 0 Å². The van der Waals surface area contributed by atoms with E-state index >= 15 is 0 Å². The van der Waals surface area contributed by atoms with Crippen LogP contribution in [0.5, 0.6) is 0 Å². The molecule has 3 aromatic heterocycles. The summed E-state index contributed by atoms with van der Waals surface area (Å²) in [5.74, 6) is 4.55. The Morgan fingerprint density at radius 3 is 0.898 bits per heavy atom. The van der Waals surface area contributed by atoms with Crippen LogP contribution in [-0.4, -0.2) is 34.9 Å². The number of hydrogen-bond acceptors (Lipinski definition) is 3. The van der Waals surface area contributed by atoms with Crippen molar-refractivity contribution in [2.75, 3.05) is 20.0 Å². The first kappa shape index (κ1) is 39.1. The fraction of sp³-hybridized carbons (Fsp3) is 0.0732. The average Bonchev–Trinajstić information content (AvgIpc) is 3.18. The van der Waals surface area contributed by atoms with Gasteiger partial charge in [-0.1, -0.05) is 84.9 Å². The third-order valence-electron chi connectivity index (χ3n) is 6.94. The molecule has 0 N–H and O–H groups in total. The van der Waals surface area contributed by atoms with Gasteiger partial charge in [-0.05, 0) is 80.2 Å². The number of aromatic nitrogens is 3. The molecule has 0 saturated heterocycles. The van der Waals surface area contributed by atoms with Gasteiger partial charge in [-0.25, -0.2) is 19.8 Å². The normalized spacial score (nSPS) is 14.8. The molecule has 3 aromatic carbocycles. The molecular formula is C41H33N4OsP3-2. The third-order valence-corrected chi connectivity index (χ3v) is 12.6. The van der Waals surface area contributed by atoms with Gasteiger partial charge in [-0.3, -0.25) is 11.8 Å². The molecule has 0 amide bonds. The molecule has 7 rings (SSSR count). The minimum absolute atomic E-state index is 0. The minimum atomic E-state index is -0.527. The molecule has 0 atom stereocenters. The Hall–Kier alpha value is -4.35. The standard InChI is InChI=1S/C18H18N3P3.2C8H5.C7H5N.Os/c1-22-13-7-4-9-15(19-13)23(2)17-11-6-12-18(21-17)24(3)16-10-5-8-14(22)20-16;2*1-2-8-6-4-3-5-7-8;1-8-7-5-3-2-4-6-7;/h4-12H,1-3H3;2*3-7H;2-6H;/q;2*-1;;. The van der Waals surface area contributed by atoms with E-state index in [-0.39, 0.29) is 19.8 Å². The number of hydrogen-bond donors (Lipinski definition) is 0.